The molecule has 25 heavy (non-hydrogen) atoms. The molecule has 1 aromatic heterocycles. The minimum absolute atomic E-state index is 0.000654. The van der Waals surface area contributed by atoms with Gasteiger partial charge in [-0.2, -0.15) is 4.31 Å². The predicted molar refractivity (Wildman–Crippen MR) is 93.8 cm³/mol. The van der Waals surface area contributed by atoms with Gasteiger partial charge in [-0.15, -0.1) is 0 Å². The van der Waals surface area contributed by atoms with Gasteiger partial charge < -0.3 is 9.64 Å². The Kier molecular flexibility index (Phi) is 5.41. The standard InChI is InChI=1S/C17H25N3O4S/c1-3-25(22,23)20-6-7-24-12-15-11-19(5-4-16(15)20)17(21)14-8-13(2)9-18-10-14/h8-10,15-16H,3-7,11-12H2,1-2H3/t15-,16-/m1/s1. The highest BCUT2D eigenvalue weighted by molar-refractivity contribution is 7.89. The lowest BCUT2D eigenvalue weighted by atomic mass is 9.92. The van der Waals surface area contributed by atoms with E-state index in [1.165, 1.54) is 0 Å². The summed E-state index contributed by atoms with van der Waals surface area (Å²) >= 11 is 0. The SMILES string of the molecule is CCS(=O)(=O)N1CCOC[C@H]2CN(C(=O)c3cncc(C)c3)CC[C@H]21. The van der Waals surface area contributed by atoms with Gasteiger partial charge in [0.05, 0.1) is 24.5 Å². The van der Waals surface area contributed by atoms with Gasteiger partial charge >= 0.3 is 0 Å². The van der Waals surface area contributed by atoms with Crippen LogP contribution in [-0.4, -0.2) is 73.2 Å². The Bertz CT molecular complexity index is 737. The maximum atomic E-state index is 12.8. The van der Waals surface area contributed by atoms with E-state index in [2.05, 4.69) is 4.98 Å². The zero-order valence-corrected chi connectivity index (χ0v) is 15.5. The molecule has 0 unspecified atom stereocenters. The summed E-state index contributed by atoms with van der Waals surface area (Å²) in [4.78, 5) is 18.6. The van der Waals surface area contributed by atoms with Gasteiger partial charge in [-0.25, -0.2) is 8.42 Å². The number of rotatable bonds is 3. The third-order valence-electron chi connectivity index (χ3n) is 4.98. The van der Waals surface area contributed by atoms with Crippen LogP contribution < -0.4 is 0 Å². The lowest BCUT2D eigenvalue weighted by molar-refractivity contribution is 0.0466. The molecule has 2 aliphatic heterocycles. The van der Waals surface area contributed by atoms with E-state index in [1.54, 1.807) is 28.5 Å². The molecule has 2 aliphatic rings. The maximum Gasteiger partial charge on any atom is 0.255 e. The van der Waals surface area contributed by atoms with Crippen LogP contribution in [-0.2, 0) is 14.8 Å². The van der Waals surface area contributed by atoms with E-state index in [1.807, 2.05) is 13.0 Å². The third-order valence-corrected chi connectivity index (χ3v) is 6.88. The molecule has 0 radical (unpaired) electrons. The van der Waals surface area contributed by atoms with Gasteiger partial charge in [0, 0.05) is 44.0 Å². The smallest absolute Gasteiger partial charge is 0.255 e. The molecule has 138 valence electrons. The van der Waals surface area contributed by atoms with E-state index in [-0.39, 0.29) is 23.6 Å². The first-order valence-electron chi connectivity index (χ1n) is 8.70. The first kappa shape index (κ1) is 18.3. The van der Waals surface area contributed by atoms with Crippen LogP contribution in [0.4, 0.5) is 0 Å². The lowest BCUT2D eigenvalue weighted by Crippen LogP contribution is -2.54. The number of pyridine rings is 1. The highest BCUT2D eigenvalue weighted by atomic mass is 32.2. The fraction of sp³-hybridized carbons (Fsp3) is 0.647. The number of likely N-dealkylation sites (tertiary alicyclic amines) is 1. The Labute approximate surface area is 149 Å². The zero-order chi connectivity index (χ0) is 18.0. The summed E-state index contributed by atoms with van der Waals surface area (Å²) in [7, 11) is -3.27. The maximum absolute atomic E-state index is 12.8. The van der Waals surface area contributed by atoms with Crippen molar-refractivity contribution in [2.45, 2.75) is 26.3 Å². The highest BCUT2D eigenvalue weighted by Gasteiger charge is 2.40. The van der Waals surface area contributed by atoms with Gasteiger partial charge in [0.2, 0.25) is 10.0 Å². The summed E-state index contributed by atoms with van der Waals surface area (Å²) in [6.45, 7) is 5.91. The summed E-state index contributed by atoms with van der Waals surface area (Å²) in [5, 5.41) is 0. The minimum Gasteiger partial charge on any atom is -0.380 e. The van der Waals surface area contributed by atoms with Crippen molar-refractivity contribution >= 4 is 15.9 Å². The Morgan fingerprint density at radius 1 is 1.36 bits per heavy atom. The Morgan fingerprint density at radius 3 is 2.88 bits per heavy atom. The number of ether oxygens (including phenoxy) is 1. The van der Waals surface area contributed by atoms with Gasteiger partial charge in [-0.3, -0.25) is 9.78 Å². The van der Waals surface area contributed by atoms with Crippen LogP contribution in [0.15, 0.2) is 18.5 Å². The molecular formula is C17H25N3O4S. The van der Waals surface area contributed by atoms with Crippen LogP contribution in [0.5, 0.6) is 0 Å². The second-order valence-corrected chi connectivity index (χ2v) is 8.91. The summed E-state index contributed by atoms with van der Waals surface area (Å²) in [6, 6.07) is 1.74. The van der Waals surface area contributed by atoms with E-state index in [0.717, 1.165) is 5.56 Å². The van der Waals surface area contributed by atoms with Crippen LogP contribution >= 0.6 is 0 Å². The fourth-order valence-electron chi connectivity index (χ4n) is 3.67. The van der Waals surface area contributed by atoms with E-state index in [9.17, 15) is 13.2 Å². The van der Waals surface area contributed by atoms with Crippen molar-refractivity contribution in [2.75, 3.05) is 38.6 Å². The first-order valence-corrected chi connectivity index (χ1v) is 10.3. The minimum atomic E-state index is -3.27. The number of aromatic nitrogens is 1. The van der Waals surface area contributed by atoms with Crippen molar-refractivity contribution in [3.05, 3.63) is 29.6 Å². The molecule has 2 saturated heterocycles. The van der Waals surface area contributed by atoms with E-state index in [0.29, 0.717) is 44.8 Å². The van der Waals surface area contributed by atoms with Crippen molar-refractivity contribution in [3.8, 4) is 0 Å². The molecule has 7 nitrogen and oxygen atoms in total. The summed E-state index contributed by atoms with van der Waals surface area (Å²) in [6.07, 6.45) is 3.94. The molecule has 1 aromatic rings. The van der Waals surface area contributed by atoms with E-state index >= 15 is 0 Å². The predicted octanol–water partition coefficient (Wildman–Crippen LogP) is 0.903. The second kappa shape index (κ2) is 7.39. The van der Waals surface area contributed by atoms with Crippen molar-refractivity contribution < 1.29 is 17.9 Å². The van der Waals surface area contributed by atoms with Gasteiger partial charge in [0.25, 0.3) is 5.91 Å². The topological polar surface area (TPSA) is 79.8 Å². The number of sulfonamides is 1. The molecule has 3 heterocycles. The monoisotopic (exact) mass is 367 g/mol. The number of hydrogen-bond acceptors (Lipinski definition) is 5. The number of carbonyl (C=O) groups excluding carboxylic acids is 1. The molecule has 8 heteroatoms. The molecular weight excluding hydrogens is 342 g/mol. The molecule has 2 atom stereocenters. The van der Waals surface area contributed by atoms with Gasteiger partial charge in [0.1, 0.15) is 0 Å². The number of amides is 1. The van der Waals surface area contributed by atoms with Crippen molar-refractivity contribution in [3.63, 3.8) is 0 Å². The van der Waals surface area contributed by atoms with Crippen LogP contribution in [0.1, 0.15) is 29.3 Å². The van der Waals surface area contributed by atoms with Gasteiger partial charge in [0.15, 0.2) is 0 Å². The van der Waals surface area contributed by atoms with Crippen molar-refractivity contribution in [2.24, 2.45) is 5.92 Å². The number of fused-ring (bicyclic) bond motifs is 1. The van der Waals surface area contributed by atoms with E-state index < -0.39 is 10.0 Å². The molecule has 2 fully saturated rings. The largest absolute Gasteiger partial charge is 0.380 e. The zero-order valence-electron chi connectivity index (χ0n) is 14.7. The molecule has 3 rings (SSSR count). The molecule has 0 aromatic carbocycles. The summed E-state index contributed by atoms with van der Waals surface area (Å²) in [5.74, 6) is 0.0384. The van der Waals surface area contributed by atoms with E-state index in [4.69, 9.17) is 4.74 Å². The molecule has 0 bridgehead atoms. The molecule has 0 N–H and O–H groups in total. The fourth-order valence-corrected chi connectivity index (χ4v) is 5.04. The quantitative estimate of drug-likeness (QED) is 0.793. The summed E-state index contributed by atoms with van der Waals surface area (Å²) in [5.41, 5.74) is 1.52. The number of hydrogen-bond donors (Lipinski definition) is 0. The summed E-state index contributed by atoms with van der Waals surface area (Å²) < 4.78 is 32.1. The van der Waals surface area contributed by atoms with Crippen molar-refractivity contribution in [1.82, 2.24) is 14.2 Å². The average Bonchev–Trinajstić information content (AvgIpc) is 2.83. The number of piperidine rings is 1. The Balaban J connectivity index is 1.77. The van der Waals surface area contributed by atoms with Crippen LogP contribution in [0.2, 0.25) is 0 Å². The molecule has 0 saturated carbocycles. The number of carbonyl (C=O) groups is 1. The molecule has 1 amide bonds. The normalized spacial score (nSPS) is 25.3. The highest BCUT2D eigenvalue weighted by Crippen LogP contribution is 2.28. The second-order valence-electron chi connectivity index (χ2n) is 6.70. The Morgan fingerprint density at radius 2 is 2.16 bits per heavy atom. The molecule has 0 aliphatic carbocycles. The third kappa shape index (κ3) is 3.86. The van der Waals surface area contributed by atoms with Crippen molar-refractivity contribution in [1.29, 1.82) is 0 Å². The van der Waals surface area contributed by atoms with Gasteiger partial charge in [-0.1, -0.05) is 0 Å². The van der Waals surface area contributed by atoms with Crippen LogP contribution in [0.25, 0.3) is 0 Å². The van der Waals surface area contributed by atoms with Crippen LogP contribution in [0, 0.1) is 12.8 Å². The first-order chi connectivity index (χ1) is 11.9. The lowest BCUT2D eigenvalue weighted by Gasteiger charge is -2.41. The number of aryl methyl sites for hydroxylation is 1. The van der Waals surface area contributed by atoms with Crippen LogP contribution in [0.3, 0.4) is 0 Å². The number of nitrogens with zero attached hydrogens (tertiary/aromatic N) is 3. The molecule has 0 spiro atoms. The Hall–Kier alpha value is -1.51. The van der Waals surface area contributed by atoms with Gasteiger partial charge in [-0.05, 0) is 31.9 Å². The average molecular weight is 367 g/mol.